The van der Waals surface area contributed by atoms with E-state index in [1.165, 1.54) is 18.5 Å². The number of aromatic nitrogens is 5. The molecule has 1 aliphatic heterocycles. The molecule has 0 unspecified atom stereocenters. The Morgan fingerprint density at radius 3 is 2.27 bits per heavy atom. The summed E-state index contributed by atoms with van der Waals surface area (Å²) in [5.74, 6) is 2.47. The van der Waals surface area contributed by atoms with Crippen LogP contribution < -0.4 is 15.5 Å². The summed E-state index contributed by atoms with van der Waals surface area (Å²) in [5.41, 5.74) is 4.07. The molecule has 9 heteroatoms. The number of carbonyl (C=O) groups excluding carboxylic acids is 1. The molecule has 2 aliphatic rings. The first-order valence-corrected chi connectivity index (χ1v) is 14.0. The number of amides is 1. The number of benzene rings is 2. The van der Waals surface area contributed by atoms with Gasteiger partial charge in [-0.25, -0.2) is 4.52 Å². The van der Waals surface area contributed by atoms with E-state index >= 15 is 0 Å². The Labute approximate surface area is 232 Å². The summed E-state index contributed by atoms with van der Waals surface area (Å²) in [7, 11) is 0. The van der Waals surface area contributed by atoms with Crippen molar-refractivity contribution in [2.45, 2.75) is 43.6 Å². The van der Waals surface area contributed by atoms with Crippen molar-refractivity contribution in [2.24, 2.45) is 0 Å². The average molecular weight is 533 g/mol. The minimum absolute atomic E-state index is 0.0388. The summed E-state index contributed by atoms with van der Waals surface area (Å²) in [6.07, 6.45) is 6.02. The monoisotopic (exact) mass is 532 g/mol. The van der Waals surface area contributed by atoms with Crippen LogP contribution in [-0.2, 0) is 4.79 Å². The lowest BCUT2D eigenvalue weighted by molar-refractivity contribution is -0.122. The van der Waals surface area contributed by atoms with Gasteiger partial charge in [-0.2, -0.15) is 10.1 Å². The third-order valence-electron chi connectivity index (χ3n) is 7.89. The van der Waals surface area contributed by atoms with E-state index in [1.54, 1.807) is 0 Å². The number of aromatic amines is 1. The lowest BCUT2D eigenvalue weighted by Crippen LogP contribution is -2.46. The van der Waals surface area contributed by atoms with Gasteiger partial charge >= 0.3 is 0 Å². The maximum absolute atomic E-state index is 13.6. The van der Waals surface area contributed by atoms with Crippen LogP contribution in [0.15, 0.2) is 85.1 Å². The number of H-pyrrole nitrogens is 1. The number of fused-ring (bicyclic) bond motifs is 1. The van der Waals surface area contributed by atoms with Gasteiger partial charge < -0.3 is 15.5 Å². The second-order valence-corrected chi connectivity index (χ2v) is 10.7. The summed E-state index contributed by atoms with van der Waals surface area (Å²) < 4.78 is 1.86. The number of nitrogens with one attached hydrogen (secondary N) is 3. The van der Waals surface area contributed by atoms with E-state index in [0.717, 1.165) is 54.2 Å². The van der Waals surface area contributed by atoms with Gasteiger partial charge in [-0.1, -0.05) is 60.7 Å². The van der Waals surface area contributed by atoms with E-state index in [1.807, 2.05) is 83.5 Å². The Morgan fingerprint density at radius 2 is 1.60 bits per heavy atom. The first-order chi connectivity index (χ1) is 19.7. The van der Waals surface area contributed by atoms with Gasteiger partial charge in [0.1, 0.15) is 5.52 Å². The molecule has 2 aromatic carbocycles. The van der Waals surface area contributed by atoms with Crippen molar-refractivity contribution in [1.29, 1.82) is 0 Å². The molecule has 1 saturated carbocycles. The molecule has 2 fully saturated rings. The molecule has 40 heavy (non-hydrogen) atoms. The Hall–Kier alpha value is -4.66. The quantitative estimate of drug-likeness (QED) is 0.260. The van der Waals surface area contributed by atoms with Crippen LogP contribution >= 0.6 is 0 Å². The zero-order chi connectivity index (χ0) is 26.9. The molecule has 4 heterocycles. The maximum atomic E-state index is 13.6. The molecule has 1 aliphatic carbocycles. The fourth-order valence-electron chi connectivity index (χ4n) is 5.57. The minimum atomic E-state index is -0.337. The summed E-state index contributed by atoms with van der Waals surface area (Å²) >= 11 is 0. The molecule has 7 rings (SSSR count). The third kappa shape index (κ3) is 5.02. The zero-order valence-electron chi connectivity index (χ0n) is 22.2. The highest BCUT2D eigenvalue weighted by Gasteiger charge is 2.29. The molecule has 9 nitrogen and oxygen atoms in total. The molecule has 3 N–H and O–H groups in total. The predicted octanol–water partition coefficient (Wildman–Crippen LogP) is 4.99. The standard InChI is InChI=1S/C31H32N8O/c40-30(28(22-8-3-1-4-9-22)23-10-5-2-6-11-23)32-24-15-18-38(19-16-24)31-34-29(26-12-7-17-39(26)37-31)33-27-20-25(35-36-27)21-13-14-21/h1-12,17,20-21,24,28H,13-16,18-19H2,(H,32,40)(H2,33,34,35,36,37). The SMILES string of the molecule is O=C(NC1CCN(c2nc(Nc3cc(C4CC4)[nH]n3)c3cccn3n2)CC1)C(c1ccccc1)c1ccccc1. The van der Waals surface area contributed by atoms with E-state index in [0.29, 0.717) is 11.9 Å². The van der Waals surface area contributed by atoms with E-state index < -0.39 is 0 Å². The lowest BCUT2D eigenvalue weighted by atomic mass is 9.90. The fraction of sp³-hybridized carbons (Fsp3) is 0.290. The maximum Gasteiger partial charge on any atom is 0.245 e. The third-order valence-corrected chi connectivity index (χ3v) is 7.89. The number of carbonyl (C=O) groups is 1. The minimum Gasteiger partial charge on any atom is -0.352 e. The van der Waals surface area contributed by atoms with Gasteiger partial charge in [0, 0.05) is 43.0 Å². The van der Waals surface area contributed by atoms with Crippen LogP contribution in [0, 0.1) is 0 Å². The highest BCUT2D eigenvalue weighted by atomic mass is 16.2. The van der Waals surface area contributed by atoms with Crippen molar-refractivity contribution in [2.75, 3.05) is 23.3 Å². The molecule has 0 radical (unpaired) electrons. The van der Waals surface area contributed by atoms with Crippen molar-refractivity contribution in [1.82, 2.24) is 30.1 Å². The van der Waals surface area contributed by atoms with Crippen molar-refractivity contribution < 1.29 is 4.79 Å². The molecule has 1 amide bonds. The van der Waals surface area contributed by atoms with Gasteiger partial charge in [-0.3, -0.25) is 9.89 Å². The number of nitrogens with zero attached hydrogens (tertiary/aromatic N) is 5. The van der Waals surface area contributed by atoms with E-state index in [-0.39, 0.29) is 17.9 Å². The number of hydrogen-bond donors (Lipinski definition) is 3. The molecule has 202 valence electrons. The molecule has 0 spiro atoms. The smallest absolute Gasteiger partial charge is 0.245 e. The van der Waals surface area contributed by atoms with Gasteiger partial charge in [0.15, 0.2) is 11.6 Å². The molecular formula is C31H32N8O. The van der Waals surface area contributed by atoms with Crippen LogP contribution in [-0.4, -0.2) is 49.8 Å². The van der Waals surface area contributed by atoms with Crippen molar-refractivity contribution in [3.05, 3.63) is 102 Å². The number of rotatable bonds is 8. The van der Waals surface area contributed by atoms with Gasteiger partial charge in [-0.05, 0) is 48.9 Å². The summed E-state index contributed by atoms with van der Waals surface area (Å²) in [6, 6.07) is 26.1. The first kappa shape index (κ1) is 24.4. The number of piperidine rings is 1. The second-order valence-electron chi connectivity index (χ2n) is 10.7. The van der Waals surface area contributed by atoms with Gasteiger partial charge in [0.2, 0.25) is 11.9 Å². The van der Waals surface area contributed by atoms with Gasteiger partial charge in [0.05, 0.1) is 5.92 Å². The van der Waals surface area contributed by atoms with Crippen molar-refractivity contribution in [3.8, 4) is 0 Å². The molecule has 5 aromatic rings. The highest BCUT2D eigenvalue weighted by Crippen LogP contribution is 2.39. The van der Waals surface area contributed by atoms with Crippen molar-refractivity contribution >= 4 is 29.0 Å². The Bertz CT molecular complexity index is 1560. The zero-order valence-corrected chi connectivity index (χ0v) is 22.2. The van der Waals surface area contributed by atoms with Crippen LogP contribution in [0.5, 0.6) is 0 Å². The molecule has 0 atom stereocenters. The van der Waals surface area contributed by atoms with Crippen LogP contribution in [0.1, 0.15) is 54.3 Å². The molecule has 0 bridgehead atoms. The number of hydrogen-bond acceptors (Lipinski definition) is 6. The van der Waals surface area contributed by atoms with Gasteiger partial charge in [0.25, 0.3) is 0 Å². The topological polar surface area (TPSA) is 103 Å². The Balaban J connectivity index is 1.04. The van der Waals surface area contributed by atoms with Crippen LogP contribution in [0.25, 0.3) is 5.52 Å². The number of anilines is 3. The highest BCUT2D eigenvalue weighted by molar-refractivity contribution is 5.87. The largest absolute Gasteiger partial charge is 0.352 e. The van der Waals surface area contributed by atoms with E-state index in [4.69, 9.17) is 10.1 Å². The second kappa shape index (κ2) is 10.5. The summed E-state index contributed by atoms with van der Waals surface area (Å²) in [6.45, 7) is 1.51. The van der Waals surface area contributed by atoms with Crippen LogP contribution in [0.4, 0.5) is 17.6 Å². The predicted molar refractivity (Wildman–Crippen MR) is 155 cm³/mol. The normalized spacial score (nSPS) is 16.0. The van der Waals surface area contributed by atoms with Crippen LogP contribution in [0.3, 0.4) is 0 Å². The Kier molecular flexibility index (Phi) is 6.39. The van der Waals surface area contributed by atoms with E-state index in [9.17, 15) is 4.79 Å². The van der Waals surface area contributed by atoms with Crippen molar-refractivity contribution in [3.63, 3.8) is 0 Å². The molecular weight excluding hydrogens is 500 g/mol. The van der Waals surface area contributed by atoms with Gasteiger partial charge in [-0.15, -0.1) is 5.10 Å². The Morgan fingerprint density at radius 1 is 0.900 bits per heavy atom. The lowest BCUT2D eigenvalue weighted by Gasteiger charge is -2.33. The first-order valence-electron chi connectivity index (χ1n) is 14.0. The molecule has 1 saturated heterocycles. The summed E-state index contributed by atoms with van der Waals surface area (Å²) in [5, 5.41) is 19.1. The van der Waals surface area contributed by atoms with E-state index in [2.05, 4.69) is 31.8 Å². The average Bonchev–Trinajstić information content (AvgIpc) is 3.54. The molecule has 3 aromatic heterocycles. The summed E-state index contributed by atoms with van der Waals surface area (Å²) in [4.78, 5) is 20.7. The van der Waals surface area contributed by atoms with Crippen LogP contribution in [0.2, 0.25) is 0 Å². The fourth-order valence-corrected chi connectivity index (χ4v) is 5.57.